The number of sulfonamides is 1. The largest absolute Gasteiger partial charge is 0.497 e. The van der Waals surface area contributed by atoms with E-state index in [0.29, 0.717) is 29.4 Å². The van der Waals surface area contributed by atoms with E-state index in [1.54, 1.807) is 48.5 Å². The first-order valence-corrected chi connectivity index (χ1v) is 13.3. The van der Waals surface area contributed by atoms with Gasteiger partial charge in [0, 0.05) is 24.2 Å². The molecule has 8 nitrogen and oxygen atoms in total. The van der Waals surface area contributed by atoms with Crippen molar-refractivity contribution in [3.63, 3.8) is 0 Å². The zero-order valence-electron chi connectivity index (χ0n) is 20.0. The molecule has 186 valence electrons. The number of nitrogens with one attached hydrogen (secondary N) is 1. The molecule has 1 atom stereocenters. The van der Waals surface area contributed by atoms with Crippen LogP contribution in [0.2, 0.25) is 5.02 Å². The van der Waals surface area contributed by atoms with Gasteiger partial charge in [0.1, 0.15) is 18.3 Å². The first-order chi connectivity index (χ1) is 16.1. The fourth-order valence-corrected chi connectivity index (χ4v) is 4.42. The fourth-order valence-electron chi connectivity index (χ4n) is 3.45. The Morgan fingerprint density at radius 2 is 1.79 bits per heavy atom. The first-order valence-electron chi connectivity index (χ1n) is 11.0. The van der Waals surface area contributed by atoms with Crippen molar-refractivity contribution in [2.24, 2.45) is 0 Å². The van der Waals surface area contributed by atoms with Crippen LogP contribution in [0.3, 0.4) is 0 Å². The minimum Gasteiger partial charge on any atom is -0.497 e. The smallest absolute Gasteiger partial charge is 0.244 e. The summed E-state index contributed by atoms with van der Waals surface area (Å²) in [6.45, 7) is 3.91. The van der Waals surface area contributed by atoms with Crippen LogP contribution in [0.15, 0.2) is 48.5 Å². The molecule has 1 unspecified atom stereocenters. The lowest BCUT2D eigenvalue weighted by Gasteiger charge is -2.33. The van der Waals surface area contributed by atoms with Crippen LogP contribution in [0.1, 0.15) is 32.3 Å². The number of nitrogens with zero attached hydrogens (tertiary/aromatic N) is 2. The van der Waals surface area contributed by atoms with E-state index in [4.69, 9.17) is 16.3 Å². The molecule has 2 amide bonds. The molecule has 1 N–H and O–H groups in total. The van der Waals surface area contributed by atoms with E-state index >= 15 is 0 Å². The molecule has 0 saturated heterocycles. The van der Waals surface area contributed by atoms with Gasteiger partial charge >= 0.3 is 0 Å². The molecular weight excluding hydrogens is 478 g/mol. The average Bonchev–Trinajstić information content (AvgIpc) is 2.81. The Labute approximate surface area is 206 Å². The van der Waals surface area contributed by atoms with Crippen molar-refractivity contribution >= 4 is 39.1 Å². The number of carbonyl (C=O) groups is 2. The summed E-state index contributed by atoms with van der Waals surface area (Å²) in [5, 5.41) is 3.39. The molecule has 0 aliphatic heterocycles. The Hall–Kier alpha value is -2.78. The molecule has 0 radical (unpaired) electrons. The third-order valence-corrected chi connectivity index (χ3v) is 6.61. The predicted octanol–water partition coefficient (Wildman–Crippen LogP) is 3.45. The van der Waals surface area contributed by atoms with Crippen LogP contribution in [0.25, 0.3) is 0 Å². The predicted molar refractivity (Wildman–Crippen MR) is 135 cm³/mol. The highest BCUT2D eigenvalue weighted by molar-refractivity contribution is 7.92. The van der Waals surface area contributed by atoms with E-state index in [-0.39, 0.29) is 12.5 Å². The van der Waals surface area contributed by atoms with Crippen LogP contribution < -0.4 is 14.4 Å². The SMILES string of the molecule is CCCNC(=O)C(CC)N(Cc1ccc(Cl)cc1)C(=O)CN(c1cccc(OC)c1)S(C)(=O)=O. The van der Waals surface area contributed by atoms with Crippen LogP contribution in [0.4, 0.5) is 5.69 Å². The minimum atomic E-state index is -3.80. The second kappa shape index (κ2) is 12.6. The van der Waals surface area contributed by atoms with E-state index < -0.39 is 28.5 Å². The highest BCUT2D eigenvalue weighted by Crippen LogP contribution is 2.24. The molecule has 0 fully saturated rings. The van der Waals surface area contributed by atoms with Gasteiger partial charge in [-0.2, -0.15) is 0 Å². The summed E-state index contributed by atoms with van der Waals surface area (Å²) in [6, 6.07) is 12.7. The number of rotatable bonds is 12. The normalized spacial score (nSPS) is 12.0. The number of amides is 2. The number of hydrogen-bond donors (Lipinski definition) is 1. The van der Waals surface area contributed by atoms with E-state index in [9.17, 15) is 18.0 Å². The van der Waals surface area contributed by atoms with Gasteiger partial charge in [0.25, 0.3) is 0 Å². The molecule has 2 aromatic rings. The number of ether oxygens (including phenoxy) is 1. The zero-order chi connectivity index (χ0) is 25.3. The topological polar surface area (TPSA) is 96.0 Å². The van der Waals surface area contributed by atoms with Gasteiger partial charge < -0.3 is 15.0 Å². The number of carbonyl (C=O) groups excluding carboxylic acids is 2. The number of anilines is 1. The molecular formula is C24H32ClN3O5S. The number of halogens is 1. The second-order valence-electron chi connectivity index (χ2n) is 7.83. The average molecular weight is 510 g/mol. The summed E-state index contributed by atoms with van der Waals surface area (Å²) in [7, 11) is -2.33. The Morgan fingerprint density at radius 3 is 2.35 bits per heavy atom. The molecule has 0 aliphatic carbocycles. The van der Waals surface area contributed by atoms with Crippen LogP contribution in [0.5, 0.6) is 5.75 Å². The molecule has 0 aliphatic rings. The lowest BCUT2D eigenvalue weighted by Crippen LogP contribution is -2.52. The maximum Gasteiger partial charge on any atom is 0.244 e. The third kappa shape index (κ3) is 7.63. The summed E-state index contributed by atoms with van der Waals surface area (Å²) < 4.78 is 31.5. The van der Waals surface area contributed by atoms with Crippen molar-refractivity contribution in [3.8, 4) is 5.75 Å². The van der Waals surface area contributed by atoms with Gasteiger partial charge in [-0.15, -0.1) is 0 Å². The molecule has 0 spiro atoms. The number of methoxy groups -OCH3 is 1. The van der Waals surface area contributed by atoms with Gasteiger partial charge in [0.05, 0.1) is 19.1 Å². The van der Waals surface area contributed by atoms with Gasteiger partial charge in [-0.25, -0.2) is 8.42 Å². The van der Waals surface area contributed by atoms with Crippen LogP contribution >= 0.6 is 11.6 Å². The highest BCUT2D eigenvalue weighted by Gasteiger charge is 2.31. The Balaban J connectivity index is 2.42. The molecule has 0 saturated carbocycles. The maximum atomic E-state index is 13.6. The quantitative estimate of drug-likeness (QED) is 0.472. The molecule has 0 aromatic heterocycles. The molecule has 0 bridgehead atoms. The second-order valence-corrected chi connectivity index (χ2v) is 10.2. The Kier molecular flexibility index (Phi) is 10.2. The number of hydrogen-bond acceptors (Lipinski definition) is 5. The first kappa shape index (κ1) is 27.5. The lowest BCUT2D eigenvalue weighted by atomic mass is 10.1. The summed E-state index contributed by atoms with van der Waals surface area (Å²) in [6.07, 6.45) is 2.16. The highest BCUT2D eigenvalue weighted by atomic mass is 35.5. The van der Waals surface area contributed by atoms with Crippen molar-refractivity contribution < 1.29 is 22.7 Å². The molecule has 10 heteroatoms. The van der Waals surface area contributed by atoms with E-state index in [0.717, 1.165) is 22.5 Å². The van der Waals surface area contributed by atoms with E-state index in [1.165, 1.54) is 12.0 Å². The van der Waals surface area contributed by atoms with Gasteiger partial charge in [-0.1, -0.05) is 43.6 Å². The van der Waals surface area contributed by atoms with Gasteiger partial charge in [-0.05, 0) is 42.7 Å². The summed E-state index contributed by atoms with van der Waals surface area (Å²) in [4.78, 5) is 27.9. The lowest BCUT2D eigenvalue weighted by molar-refractivity contribution is -0.140. The van der Waals surface area contributed by atoms with Crippen LogP contribution in [-0.2, 0) is 26.2 Å². The Morgan fingerprint density at radius 1 is 1.12 bits per heavy atom. The fraction of sp³-hybridized carbons (Fsp3) is 0.417. The van der Waals surface area contributed by atoms with Crippen molar-refractivity contribution in [2.45, 2.75) is 39.3 Å². The molecule has 0 heterocycles. The molecule has 2 aromatic carbocycles. The Bertz CT molecular complexity index is 1080. The number of benzene rings is 2. The minimum absolute atomic E-state index is 0.129. The van der Waals surface area contributed by atoms with Crippen molar-refractivity contribution in [1.82, 2.24) is 10.2 Å². The monoisotopic (exact) mass is 509 g/mol. The summed E-state index contributed by atoms with van der Waals surface area (Å²) in [5.41, 5.74) is 1.07. The standard InChI is InChI=1S/C24H32ClN3O5S/c1-5-14-26-24(30)22(6-2)27(16-18-10-12-19(25)13-11-18)23(29)17-28(34(4,31)32)20-8-7-9-21(15-20)33-3/h7-13,15,22H,5-6,14,16-17H2,1-4H3,(H,26,30). The van der Waals surface area contributed by atoms with Gasteiger partial charge in [-0.3, -0.25) is 13.9 Å². The summed E-state index contributed by atoms with van der Waals surface area (Å²) >= 11 is 5.99. The van der Waals surface area contributed by atoms with Crippen molar-refractivity contribution in [2.75, 3.05) is 30.8 Å². The summed E-state index contributed by atoms with van der Waals surface area (Å²) in [5.74, 6) is -0.317. The molecule has 2 rings (SSSR count). The molecule has 34 heavy (non-hydrogen) atoms. The maximum absolute atomic E-state index is 13.6. The zero-order valence-corrected chi connectivity index (χ0v) is 21.5. The van der Waals surface area contributed by atoms with E-state index in [2.05, 4.69) is 5.32 Å². The van der Waals surface area contributed by atoms with Crippen LogP contribution in [-0.4, -0.2) is 57.6 Å². The van der Waals surface area contributed by atoms with Crippen LogP contribution in [0, 0.1) is 0 Å². The van der Waals surface area contributed by atoms with E-state index in [1.807, 2.05) is 13.8 Å². The van der Waals surface area contributed by atoms with Crippen molar-refractivity contribution in [1.29, 1.82) is 0 Å². The van der Waals surface area contributed by atoms with Gasteiger partial charge in [0.15, 0.2) is 0 Å². The third-order valence-electron chi connectivity index (χ3n) is 5.22. The van der Waals surface area contributed by atoms with Gasteiger partial charge in [0.2, 0.25) is 21.8 Å². The van der Waals surface area contributed by atoms with Crippen molar-refractivity contribution in [3.05, 3.63) is 59.1 Å².